The molecule has 0 bridgehead atoms. The van der Waals surface area contributed by atoms with Gasteiger partial charge in [-0.05, 0) is 72.2 Å². The number of para-hydroxylation sites is 1. The fraction of sp³-hybridized carbons (Fsp3) is 0.130. The molecule has 0 aliphatic carbocycles. The third-order valence-corrected chi connectivity index (χ3v) is 4.68. The van der Waals surface area contributed by atoms with Gasteiger partial charge in [0.2, 0.25) is 5.91 Å². The van der Waals surface area contributed by atoms with Gasteiger partial charge in [0.05, 0.1) is 0 Å². The molecule has 3 aromatic rings. The van der Waals surface area contributed by atoms with E-state index in [4.69, 9.17) is 28.2 Å². The predicted octanol–water partition coefficient (Wildman–Crippen LogP) is 6.25. The van der Waals surface area contributed by atoms with Gasteiger partial charge in [-0.15, -0.1) is 0 Å². The van der Waals surface area contributed by atoms with Crippen molar-refractivity contribution in [1.29, 1.82) is 0 Å². The molecule has 0 aliphatic rings. The summed E-state index contributed by atoms with van der Waals surface area (Å²) < 4.78 is 5.74. The van der Waals surface area contributed by atoms with Crippen LogP contribution in [0.25, 0.3) is 17.4 Å². The summed E-state index contributed by atoms with van der Waals surface area (Å²) in [5.74, 6) is 1.26. The minimum atomic E-state index is -0.339. The van der Waals surface area contributed by atoms with E-state index in [9.17, 15) is 4.79 Å². The minimum Gasteiger partial charge on any atom is -0.457 e. The Bertz CT molecular complexity index is 1040. The first-order valence-corrected chi connectivity index (χ1v) is 9.96. The van der Waals surface area contributed by atoms with Crippen LogP contribution in [0.4, 0.5) is 5.69 Å². The summed E-state index contributed by atoms with van der Waals surface area (Å²) in [5.41, 5.74) is 2.92. The first kappa shape index (κ1) is 20.8. The van der Waals surface area contributed by atoms with E-state index in [0.717, 1.165) is 16.8 Å². The van der Waals surface area contributed by atoms with Gasteiger partial charge in [-0.25, -0.2) is 0 Å². The number of nitrogens with one attached hydrogen (secondary N) is 2. The molecule has 0 atom stereocenters. The lowest BCUT2D eigenvalue weighted by molar-refractivity contribution is -0.115. The van der Waals surface area contributed by atoms with Crippen molar-refractivity contribution in [1.82, 2.24) is 5.32 Å². The van der Waals surface area contributed by atoms with Gasteiger partial charge in [0.15, 0.2) is 5.11 Å². The molecule has 0 aliphatic heterocycles. The van der Waals surface area contributed by atoms with Crippen molar-refractivity contribution in [3.8, 4) is 11.3 Å². The molecule has 0 radical (unpaired) electrons. The molecule has 148 valence electrons. The van der Waals surface area contributed by atoms with E-state index in [2.05, 4.69) is 24.5 Å². The van der Waals surface area contributed by atoms with Crippen molar-refractivity contribution in [3.05, 3.63) is 83.1 Å². The summed E-state index contributed by atoms with van der Waals surface area (Å²) in [7, 11) is 0. The maximum atomic E-state index is 12.2. The van der Waals surface area contributed by atoms with Crippen LogP contribution in [0.1, 0.15) is 31.1 Å². The SMILES string of the molecule is CC(C)c1ccccc1NC(=S)NC(=O)C=Cc1ccc(-c2ccc(Cl)cc2)o1. The number of halogens is 1. The lowest BCUT2D eigenvalue weighted by Crippen LogP contribution is -2.33. The fourth-order valence-corrected chi connectivity index (χ4v) is 3.13. The Morgan fingerprint density at radius 2 is 1.79 bits per heavy atom. The zero-order chi connectivity index (χ0) is 20.8. The van der Waals surface area contributed by atoms with Crippen molar-refractivity contribution >= 4 is 46.6 Å². The Morgan fingerprint density at radius 3 is 2.52 bits per heavy atom. The summed E-state index contributed by atoms with van der Waals surface area (Å²) in [5, 5.41) is 6.64. The second-order valence-corrected chi connectivity index (χ2v) is 7.57. The largest absolute Gasteiger partial charge is 0.457 e. The molecule has 0 fully saturated rings. The van der Waals surface area contributed by atoms with E-state index in [1.165, 1.54) is 6.08 Å². The van der Waals surface area contributed by atoms with E-state index in [1.54, 1.807) is 24.3 Å². The summed E-state index contributed by atoms with van der Waals surface area (Å²) in [6.07, 6.45) is 2.98. The number of carbonyl (C=O) groups is 1. The average molecular weight is 425 g/mol. The number of furan rings is 1. The van der Waals surface area contributed by atoms with Crippen molar-refractivity contribution in [2.45, 2.75) is 19.8 Å². The number of amides is 1. The molecule has 3 rings (SSSR count). The topological polar surface area (TPSA) is 54.3 Å². The van der Waals surface area contributed by atoms with Crippen molar-refractivity contribution < 1.29 is 9.21 Å². The average Bonchev–Trinajstić information content (AvgIpc) is 3.16. The number of benzene rings is 2. The molecule has 6 heteroatoms. The van der Waals surface area contributed by atoms with Crippen LogP contribution in [-0.2, 0) is 4.79 Å². The highest BCUT2D eigenvalue weighted by Gasteiger charge is 2.08. The first-order chi connectivity index (χ1) is 13.9. The summed E-state index contributed by atoms with van der Waals surface area (Å²) in [4.78, 5) is 12.2. The van der Waals surface area contributed by atoms with Crippen LogP contribution in [0.5, 0.6) is 0 Å². The third kappa shape index (κ3) is 5.79. The van der Waals surface area contributed by atoms with E-state index < -0.39 is 0 Å². The Hall–Kier alpha value is -2.89. The van der Waals surface area contributed by atoms with Crippen LogP contribution in [0.15, 0.2) is 71.2 Å². The minimum absolute atomic E-state index is 0.244. The molecule has 0 saturated heterocycles. The quantitative estimate of drug-likeness (QED) is 0.375. The lowest BCUT2D eigenvalue weighted by Gasteiger charge is -2.15. The van der Waals surface area contributed by atoms with Crippen molar-refractivity contribution in [3.63, 3.8) is 0 Å². The van der Waals surface area contributed by atoms with Gasteiger partial charge in [0, 0.05) is 22.3 Å². The molecule has 4 nitrogen and oxygen atoms in total. The Labute approximate surface area is 180 Å². The number of carbonyl (C=O) groups excluding carboxylic acids is 1. The number of hydrogen-bond donors (Lipinski definition) is 2. The van der Waals surface area contributed by atoms with Gasteiger partial charge in [0.1, 0.15) is 11.5 Å². The van der Waals surface area contributed by atoms with Gasteiger partial charge in [-0.1, -0.05) is 43.6 Å². The first-order valence-electron chi connectivity index (χ1n) is 9.17. The highest BCUT2D eigenvalue weighted by Crippen LogP contribution is 2.25. The smallest absolute Gasteiger partial charge is 0.250 e. The molecule has 1 aromatic heterocycles. The molecular weight excluding hydrogens is 404 g/mol. The molecule has 29 heavy (non-hydrogen) atoms. The van der Waals surface area contributed by atoms with E-state index in [0.29, 0.717) is 22.5 Å². The Morgan fingerprint density at radius 1 is 1.07 bits per heavy atom. The summed E-state index contributed by atoms with van der Waals surface area (Å²) in [6.45, 7) is 4.21. The molecular formula is C23H21ClN2O2S. The summed E-state index contributed by atoms with van der Waals surface area (Å²) in [6, 6.07) is 18.9. The third-order valence-electron chi connectivity index (χ3n) is 4.22. The standard InChI is InChI=1S/C23H21ClN2O2S/c1-15(2)19-5-3-4-6-20(19)25-23(29)26-22(27)14-12-18-11-13-21(28-18)16-7-9-17(24)10-8-16/h3-15H,1-2H3,(H2,25,26,27,29). The van der Waals surface area contributed by atoms with E-state index in [-0.39, 0.29) is 11.0 Å². The zero-order valence-electron chi connectivity index (χ0n) is 16.1. The Balaban J connectivity index is 1.59. The van der Waals surface area contributed by atoms with Crippen molar-refractivity contribution in [2.24, 2.45) is 0 Å². The molecule has 0 spiro atoms. The molecule has 2 aromatic carbocycles. The van der Waals surface area contributed by atoms with Gasteiger partial charge < -0.3 is 9.73 Å². The van der Waals surface area contributed by atoms with E-state index in [1.807, 2.05) is 42.5 Å². The van der Waals surface area contributed by atoms with Gasteiger partial charge in [-0.2, -0.15) is 0 Å². The second kappa shape index (κ2) is 9.54. The maximum absolute atomic E-state index is 12.2. The van der Waals surface area contributed by atoms with Crippen molar-refractivity contribution in [2.75, 3.05) is 5.32 Å². The molecule has 1 heterocycles. The number of thiocarbonyl (C=S) groups is 1. The molecule has 0 saturated carbocycles. The second-order valence-electron chi connectivity index (χ2n) is 6.73. The number of hydrogen-bond acceptors (Lipinski definition) is 3. The molecule has 0 unspecified atom stereocenters. The van der Waals surface area contributed by atoms with Gasteiger partial charge in [-0.3, -0.25) is 10.1 Å². The number of anilines is 1. The monoisotopic (exact) mass is 424 g/mol. The predicted molar refractivity (Wildman–Crippen MR) is 123 cm³/mol. The normalized spacial score (nSPS) is 11.0. The molecule has 2 N–H and O–H groups in total. The van der Waals surface area contributed by atoms with Crippen LogP contribution in [-0.4, -0.2) is 11.0 Å². The molecule has 1 amide bonds. The zero-order valence-corrected chi connectivity index (χ0v) is 17.7. The lowest BCUT2D eigenvalue weighted by atomic mass is 10.0. The van der Waals surface area contributed by atoms with Crippen LogP contribution < -0.4 is 10.6 Å². The fourth-order valence-electron chi connectivity index (χ4n) is 2.79. The van der Waals surface area contributed by atoms with Gasteiger partial charge >= 0.3 is 0 Å². The van der Waals surface area contributed by atoms with E-state index >= 15 is 0 Å². The summed E-state index contributed by atoms with van der Waals surface area (Å²) >= 11 is 11.2. The Kier molecular flexibility index (Phi) is 6.86. The van der Waals surface area contributed by atoms with Crippen LogP contribution in [0.2, 0.25) is 5.02 Å². The van der Waals surface area contributed by atoms with Crippen LogP contribution in [0.3, 0.4) is 0 Å². The highest BCUT2D eigenvalue weighted by molar-refractivity contribution is 7.80. The highest BCUT2D eigenvalue weighted by atomic mass is 35.5. The van der Waals surface area contributed by atoms with Crippen LogP contribution in [0, 0.1) is 0 Å². The van der Waals surface area contributed by atoms with Gasteiger partial charge in [0.25, 0.3) is 0 Å². The number of rotatable bonds is 5. The maximum Gasteiger partial charge on any atom is 0.250 e. The van der Waals surface area contributed by atoms with Crippen LogP contribution >= 0.6 is 23.8 Å².